The van der Waals surface area contributed by atoms with Gasteiger partial charge in [0.25, 0.3) is 0 Å². The lowest BCUT2D eigenvalue weighted by molar-refractivity contribution is 0.0771. The minimum Gasteiger partial charge on any atom is -0.427 e. The van der Waals surface area contributed by atoms with Crippen LogP contribution in [0.4, 0.5) is 0 Å². The second kappa shape index (κ2) is 4.76. The normalized spacial score (nSPS) is 17.9. The van der Waals surface area contributed by atoms with Crippen LogP contribution in [0.25, 0.3) is 0 Å². The molecule has 0 saturated heterocycles. The number of hydrogen-bond acceptors (Lipinski definition) is 2. The second-order valence-corrected chi connectivity index (χ2v) is 5.93. The Kier molecular flexibility index (Phi) is 3.69. The molecule has 1 aromatic carbocycles. The van der Waals surface area contributed by atoms with E-state index in [-0.39, 0.29) is 0 Å². The highest BCUT2D eigenvalue weighted by molar-refractivity contribution is 14.1. The van der Waals surface area contributed by atoms with Gasteiger partial charge < -0.3 is 8.17 Å². The maximum Gasteiger partial charge on any atom is 0.192 e. The van der Waals surface area contributed by atoms with Crippen molar-refractivity contribution in [3.8, 4) is 5.75 Å². The van der Waals surface area contributed by atoms with Gasteiger partial charge in [0.2, 0.25) is 0 Å². The van der Waals surface area contributed by atoms with Crippen LogP contribution in [0.1, 0.15) is 50.7 Å². The minimum absolute atomic E-state index is 0.516. The van der Waals surface area contributed by atoms with Crippen LogP contribution >= 0.6 is 23.0 Å². The van der Waals surface area contributed by atoms with E-state index in [1.807, 2.05) is 35.1 Å². The Balaban J connectivity index is 2.45. The predicted octanol–water partition coefficient (Wildman–Crippen LogP) is 4.16. The molecule has 0 bridgehead atoms. The van der Waals surface area contributed by atoms with E-state index >= 15 is 0 Å². The van der Waals surface area contributed by atoms with Crippen molar-refractivity contribution in [2.45, 2.75) is 45.1 Å². The molecule has 1 aliphatic rings. The molecule has 1 N–H and O–H groups in total. The number of halogens is 1. The number of benzene rings is 1. The molecular weight excluding hydrogens is 327 g/mol. The number of hydrogen-bond donors (Lipinski definition) is 1. The van der Waals surface area contributed by atoms with E-state index in [0.717, 1.165) is 17.2 Å². The molecule has 0 aromatic heterocycles. The quantitative estimate of drug-likeness (QED) is 0.830. The van der Waals surface area contributed by atoms with Gasteiger partial charge in [0, 0.05) is 5.56 Å². The van der Waals surface area contributed by atoms with Crippen molar-refractivity contribution in [1.29, 1.82) is 0 Å². The summed E-state index contributed by atoms with van der Waals surface area (Å²) in [6, 6.07) is 6.07. The van der Waals surface area contributed by atoms with Gasteiger partial charge in [0.1, 0.15) is 5.75 Å². The average molecular weight is 346 g/mol. The molecule has 0 radical (unpaired) electrons. The molecule has 1 aliphatic carbocycles. The monoisotopic (exact) mass is 346 g/mol. The number of rotatable bonds is 4. The summed E-state index contributed by atoms with van der Waals surface area (Å²) >= 11 is 1.91. The third-order valence-electron chi connectivity index (χ3n) is 3.60. The topological polar surface area (TPSA) is 29.5 Å². The third kappa shape index (κ3) is 2.76. The molecule has 0 spiro atoms. The highest BCUT2D eigenvalue weighted by Gasteiger charge is 2.32. The molecule has 3 heteroatoms. The summed E-state index contributed by atoms with van der Waals surface area (Å²) in [7, 11) is 0. The summed E-state index contributed by atoms with van der Waals surface area (Å²) < 4.78 is 5.51. The van der Waals surface area contributed by atoms with Crippen LogP contribution in [0.2, 0.25) is 0 Å². The van der Waals surface area contributed by atoms with Gasteiger partial charge >= 0.3 is 0 Å². The van der Waals surface area contributed by atoms with Gasteiger partial charge in [-0.3, -0.25) is 0 Å². The summed E-state index contributed by atoms with van der Waals surface area (Å²) in [5.74, 6) is 2.15. The summed E-state index contributed by atoms with van der Waals surface area (Å²) in [4.78, 5) is 0. The van der Waals surface area contributed by atoms with Gasteiger partial charge in [-0.1, -0.05) is 25.1 Å². The first-order valence-corrected chi connectivity index (χ1v) is 6.97. The Bertz CT molecular complexity index is 405. The zero-order chi connectivity index (χ0) is 12.6. The van der Waals surface area contributed by atoms with Crippen LogP contribution in [0, 0.1) is 5.92 Å². The summed E-state index contributed by atoms with van der Waals surface area (Å²) in [6.07, 6.45) is 2.63. The van der Waals surface area contributed by atoms with Gasteiger partial charge in [-0.15, -0.1) is 0 Å². The molecule has 0 aliphatic heterocycles. The van der Waals surface area contributed by atoms with E-state index in [0.29, 0.717) is 5.92 Å². The van der Waals surface area contributed by atoms with E-state index in [2.05, 4.69) is 13.0 Å². The fourth-order valence-corrected chi connectivity index (χ4v) is 2.82. The van der Waals surface area contributed by atoms with E-state index < -0.39 is 5.60 Å². The van der Waals surface area contributed by atoms with Crippen molar-refractivity contribution in [3.63, 3.8) is 0 Å². The average Bonchev–Trinajstić information content (AvgIpc) is 3.09. The predicted molar refractivity (Wildman–Crippen MR) is 77.5 cm³/mol. The smallest absolute Gasteiger partial charge is 0.192 e. The standard InChI is InChI=1S/C14H19IO2/c1-9(10-7-8-10)11-5-4-6-12(13(11)17-15)14(2,3)16/h4-6,9-10,16H,7-8H2,1-3H3. The summed E-state index contributed by atoms with van der Waals surface area (Å²) in [5, 5.41) is 10.2. The molecule has 0 heterocycles. The first-order valence-electron chi connectivity index (χ1n) is 6.09. The third-order valence-corrected chi connectivity index (χ3v) is 4.04. The zero-order valence-corrected chi connectivity index (χ0v) is 12.7. The van der Waals surface area contributed by atoms with Crippen molar-refractivity contribution in [2.75, 3.05) is 0 Å². The van der Waals surface area contributed by atoms with Crippen LogP contribution in [-0.2, 0) is 5.60 Å². The molecule has 1 atom stereocenters. The van der Waals surface area contributed by atoms with E-state index in [9.17, 15) is 5.11 Å². The summed E-state index contributed by atoms with van der Waals surface area (Å²) in [6.45, 7) is 5.85. The lowest BCUT2D eigenvalue weighted by atomic mass is 9.89. The molecule has 1 fully saturated rings. The maximum atomic E-state index is 10.2. The Hall–Kier alpha value is -0.290. The molecule has 1 unspecified atom stereocenters. The van der Waals surface area contributed by atoms with Gasteiger partial charge in [-0.2, -0.15) is 0 Å². The van der Waals surface area contributed by atoms with Gasteiger partial charge in [-0.05, 0) is 44.1 Å². The lowest BCUT2D eigenvalue weighted by Gasteiger charge is -2.24. The summed E-state index contributed by atoms with van der Waals surface area (Å²) in [5.41, 5.74) is 1.23. The SMILES string of the molecule is CC(c1cccc(C(C)(C)O)c1OI)C1CC1. The fourth-order valence-electron chi connectivity index (χ4n) is 2.33. The van der Waals surface area contributed by atoms with Crippen molar-refractivity contribution in [1.82, 2.24) is 0 Å². The van der Waals surface area contributed by atoms with Crippen molar-refractivity contribution < 1.29 is 8.17 Å². The van der Waals surface area contributed by atoms with Gasteiger partial charge in [0.15, 0.2) is 23.0 Å². The molecule has 0 amide bonds. The molecular formula is C14H19IO2. The highest BCUT2D eigenvalue weighted by Crippen LogP contribution is 2.47. The maximum absolute atomic E-state index is 10.2. The zero-order valence-electron chi connectivity index (χ0n) is 10.5. The van der Waals surface area contributed by atoms with Crippen LogP contribution in [-0.4, -0.2) is 5.11 Å². The molecule has 94 valence electrons. The Morgan fingerprint density at radius 1 is 1.41 bits per heavy atom. The number of para-hydroxylation sites is 1. The fraction of sp³-hybridized carbons (Fsp3) is 0.571. The molecule has 1 saturated carbocycles. The van der Waals surface area contributed by atoms with Gasteiger partial charge in [0.05, 0.1) is 5.60 Å². The second-order valence-electron chi connectivity index (χ2n) is 5.49. The van der Waals surface area contributed by atoms with E-state index in [1.165, 1.54) is 18.4 Å². The van der Waals surface area contributed by atoms with Crippen LogP contribution in [0.5, 0.6) is 5.75 Å². The largest absolute Gasteiger partial charge is 0.427 e. The van der Waals surface area contributed by atoms with Crippen molar-refractivity contribution >= 4 is 23.0 Å². The van der Waals surface area contributed by atoms with Crippen molar-refractivity contribution in [3.05, 3.63) is 29.3 Å². The lowest BCUT2D eigenvalue weighted by Crippen LogP contribution is -2.17. The highest BCUT2D eigenvalue weighted by atomic mass is 127. The van der Waals surface area contributed by atoms with Gasteiger partial charge in [-0.25, -0.2) is 0 Å². The number of aliphatic hydroxyl groups is 1. The minimum atomic E-state index is -0.861. The van der Waals surface area contributed by atoms with Crippen LogP contribution < -0.4 is 3.07 Å². The Morgan fingerprint density at radius 3 is 2.53 bits per heavy atom. The first-order chi connectivity index (χ1) is 7.95. The molecule has 17 heavy (non-hydrogen) atoms. The van der Waals surface area contributed by atoms with Crippen LogP contribution in [0.3, 0.4) is 0 Å². The Labute approximate surface area is 117 Å². The molecule has 2 rings (SSSR count). The molecule has 1 aromatic rings. The first kappa shape index (κ1) is 13.1. The van der Waals surface area contributed by atoms with Crippen molar-refractivity contribution in [2.24, 2.45) is 5.92 Å². The van der Waals surface area contributed by atoms with E-state index in [1.54, 1.807) is 13.8 Å². The van der Waals surface area contributed by atoms with Crippen LogP contribution in [0.15, 0.2) is 18.2 Å². The molecule has 2 nitrogen and oxygen atoms in total. The Morgan fingerprint density at radius 2 is 2.06 bits per heavy atom. The van der Waals surface area contributed by atoms with E-state index in [4.69, 9.17) is 3.07 Å².